The first-order valence-electron chi connectivity index (χ1n) is 9.18. The van der Waals surface area contributed by atoms with Gasteiger partial charge < -0.3 is 9.80 Å². The SMILES string of the molecule is Cc1cccc(N2CCN(C(=O)Cc3scnc3-c3cccs3)CC2)c1C. The molecule has 0 saturated carbocycles. The van der Waals surface area contributed by atoms with Gasteiger partial charge in [-0.1, -0.05) is 18.2 Å². The summed E-state index contributed by atoms with van der Waals surface area (Å²) in [5.74, 6) is 0.206. The highest BCUT2D eigenvalue weighted by Crippen LogP contribution is 2.30. The van der Waals surface area contributed by atoms with Crippen molar-refractivity contribution in [3.63, 3.8) is 0 Å². The van der Waals surface area contributed by atoms with Crippen molar-refractivity contribution in [3.8, 4) is 10.6 Å². The average Bonchev–Trinajstić information content (AvgIpc) is 3.35. The standard InChI is InChI=1S/C21H23N3OS2/c1-15-5-3-6-17(16(15)2)23-8-10-24(11-9-23)20(25)13-19-21(22-14-27-19)18-7-4-12-26-18/h3-7,12,14H,8-11,13H2,1-2H3. The number of hydrogen-bond acceptors (Lipinski definition) is 5. The summed E-state index contributed by atoms with van der Waals surface area (Å²) < 4.78 is 0. The molecule has 2 aromatic heterocycles. The third-order valence-corrected chi connectivity index (χ3v) is 6.97. The van der Waals surface area contributed by atoms with Crippen molar-refractivity contribution in [2.75, 3.05) is 31.1 Å². The first-order chi connectivity index (χ1) is 13.1. The molecule has 27 heavy (non-hydrogen) atoms. The molecule has 0 spiro atoms. The minimum atomic E-state index is 0.206. The molecule has 1 aliphatic rings. The van der Waals surface area contributed by atoms with Crippen molar-refractivity contribution in [2.45, 2.75) is 20.3 Å². The summed E-state index contributed by atoms with van der Waals surface area (Å²) in [5, 5.41) is 2.05. The van der Waals surface area contributed by atoms with Gasteiger partial charge >= 0.3 is 0 Å². The third kappa shape index (κ3) is 3.77. The first kappa shape index (κ1) is 18.2. The molecule has 0 unspecified atom stereocenters. The van der Waals surface area contributed by atoms with Gasteiger partial charge in [-0.05, 0) is 42.5 Å². The molecule has 4 nitrogen and oxygen atoms in total. The maximum Gasteiger partial charge on any atom is 0.228 e. The van der Waals surface area contributed by atoms with Crippen LogP contribution in [0.5, 0.6) is 0 Å². The minimum absolute atomic E-state index is 0.206. The van der Waals surface area contributed by atoms with E-state index < -0.39 is 0 Å². The lowest BCUT2D eigenvalue weighted by Crippen LogP contribution is -2.49. The fourth-order valence-electron chi connectivity index (χ4n) is 3.53. The molecule has 0 radical (unpaired) electrons. The number of amides is 1. The Balaban J connectivity index is 1.40. The van der Waals surface area contributed by atoms with E-state index in [0.717, 1.165) is 41.6 Å². The zero-order valence-corrected chi connectivity index (χ0v) is 17.3. The highest BCUT2D eigenvalue weighted by molar-refractivity contribution is 7.14. The van der Waals surface area contributed by atoms with Crippen LogP contribution in [0.15, 0.2) is 41.2 Å². The van der Waals surface area contributed by atoms with Crippen LogP contribution in [0.25, 0.3) is 10.6 Å². The predicted molar refractivity (Wildman–Crippen MR) is 114 cm³/mol. The summed E-state index contributed by atoms with van der Waals surface area (Å²) in [6.45, 7) is 7.66. The second-order valence-corrected chi connectivity index (χ2v) is 8.75. The summed E-state index contributed by atoms with van der Waals surface area (Å²) in [6, 6.07) is 10.5. The number of hydrogen-bond donors (Lipinski definition) is 0. The zero-order chi connectivity index (χ0) is 18.8. The topological polar surface area (TPSA) is 36.4 Å². The molecule has 140 valence electrons. The number of thiophene rings is 1. The van der Waals surface area contributed by atoms with Crippen molar-refractivity contribution in [3.05, 3.63) is 57.2 Å². The van der Waals surface area contributed by atoms with Gasteiger partial charge in [0.1, 0.15) is 0 Å². The molecule has 0 aliphatic carbocycles. The van der Waals surface area contributed by atoms with Gasteiger partial charge in [-0.25, -0.2) is 4.98 Å². The average molecular weight is 398 g/mol. The van der Waals surface area contributed by atoms with Gasteiger partial charge in [0.05, 0.1) is 22.5 Å². The third-order valence-electron chi connectivity index (χ3n) is 5.26. The number of carbonyl (C=O) groups excluding carboxylic acids is 1. The summed E-state index contributed by atoms with van der Waals surface area (Å²) in [4.78, 5) is 23.9. The van der Waals surface area contributed by atoms with Crippen LogP contribution in [0, 0.1) is 13.8 Å². The molecule has 3 aromatic rings. The first-order valence-corrected chi connectivity index (χ1v) is 10.9. The molecule has 0 bridgehead atoms. The number of rotatable bonds is 4. The molecular weight excluding hydrogens is 374 g/mol. The van der Waals surface area contributed by atoms with Gasteiger partial charge in [0.2, 0.25) is 5.91 Å². The van der Waals surface area contributed by atoms with E-state index in [-0.39, 0.29) is 5.91 Å². The maximum absolute atomic E-state index is 12.8. The Labute approximate surface area is 168 Å². The number of carbonyl (C=O) groups is 1. The number of anilines is 1. The van der Waals surface area contributed by atoms with Crippen LogP contribution in [0.3, 0.4) is 0 Å². The van der Waals surface area contributed by atoms with Crippen molar-refractivity contribution in [2.24, 2.45) is 0 Å². The molecule has 1 aromatic carbocycles. The molecular formula is C21H23N3OS2. The predicted octanol–water partition coefficient (Wildman–Crippen LogP) is 4.38. The smallest absolute Gasteiger partial charge is 0.228 e. The molecule has 1 fully saturated rings. The summed E-state index contributed by atoms with van der Waals surface area (Å²) >= 11 is 3.25. The summed E-state index contributed by atoms with van der Waals surface area (Å²) in [6.07, 6.45) is 0.446. The van der Waals surface area contributed by atoms with E-state index in [9.17, 15) is 4.79 Å². The largest absolute Gasteiger partial charge is 0.368 e. The molecule has 4 rings (SSSR count). The van der Waals surface area contributed by atoms with Crippen LogP contribution in [0.1, 0.15) is 16.0 Å². The van der Waals surface area contributed by atoms with Crippen molar-refractivity contribution < 1.29 is 4.79 Å². The number of nitrogens with zero attached hydrogens (tertiary/aromatic N) is 3. The van der Waals surface area contributed by atoms with Crippen molar-refractivity contribution >= 4 is 34.3 Å². The fourth-order valence-corrected chi connectivity index (χ4v) is 5.11. The summed E-state index contributed by atoms with van der Waals surface area (Å²) in [5.41, 5.74) is 6.76. The molecule has 0 N–H and O–H groups in total. The van der Waals surface area contributed by atoms with E-state index in [1.807, 2.05) is 21.9 Å². The van der Waals surface area contributed by atoms with Crippen LogP contribution in [-0.4, -0.2) is 42.0 Å². The van der Waals surface area contributed by atoms with Gasteiger partial charge in [0.25, 0.3) is 0 Å². The molecule has 0 atom stereocenters. The van der Waals surface area contributed by atoms with E-state index in [1.54, 1.807) is 22.7 Å². The van der Waals surface area contributed by atoms with Crippen LogP contribution in [0.2, 0.25) is 0 Å². The maximum atomic E-state index is 12.8. The minimum Gasteiger partial charge on any atom is -0.368 e. The molecule has 3 heterocycles. The van der Waals surface area contributed by atoms with Crippen LogP contribution < -0.4 is 4.90 Å². The monoisotopic (exact) mass is 397 g/mol. The lowest BCUT2D eigenvalue weighted by molar-refractivity contribution is -0.130. The molecule has 1 aliphatic heterocycles. The van der Waals surface area contributed by atoms with Crippen molar-refractivity contribution in [1.29, 1.82) is 0 Å². The van der Waals surface area contributed by atoms with Gasteiger partial charge in [0.15, 0.2) is 0 Å². The Morgan fingerprint density at radius 2 is 1.89 bits per heavy atom. The fraction of sp³-hybridized carbons (Fsp3) is 0.333. The molecule has 1 amide bonds. The van der Waals surface area contributed by atoms with E-state index in [0.29, 0.717) is 6.42 Å². The Kier molecular flexibility index (Phi) is 5.27. The number of aryl methyl sites for hydroxylation is 1. The van der Waals surface area contributed by atoms with Gasteiger partial charge in [-0.3, -0.25) is 4.79 Å². The van der Waals surface area contributed by atoms with E-state index in [1.165, 1.54) is 16.8 Å². The van der Waals surface area contributed by atoms with E-state index in [2.05, 4.69) is 48.0 Å². The van der Waals surface area contributed by atoms with Crippen LogP contribution in [0.4, 0.5) is 5.69 Å². The normalized spacial score (nSPS) is 14.6. The highest BCUT2D eigenvalue weighted by Gasteiger charge is 2.24. The van der Waals surface area contributed by atoms with E-state index >= 15 is 0 Å². The van der Waals surface area contributed by atoms with Crippen LogP contribution in [-0.2, 0) is 11.2 Å². The highest BCUT2D eigenvalue weighted by atomic mass is 32.1. The Hall–Kier alpha value is -2.18. The van der Waals surface area contributed by atoms with Gasteiger partial charge in [0, 0.05) is 36.7 Å². The Morgan fingerprint density at radius 1 is 1.07 bits per heavy atom. The number of benzene rings is 1. The molecule has 6 heteroatoms. The number of aromatic nitrogens is 1. The second kappa shape index (κ2) is 7.82. The number of thiazole rings is 1. The van der Waals surface area contributed by atoms with Crippen molar-refractivity contribution in [1.82, 2.24) is 9.88 Å². The number of piperazine rings is 1. The van der Waals surface area contributed by atoms with Gasteiger partial charge in [-0.15, -0.1) is 22.7 Å². The van der Waals surface area contributed by atoms with Gasteiger partial charge in [-0.2, -0.15) is 0 Å². The second-order valence-electron chi connectivity index (χ2n) is 6.87. The zero-order valence-electron chi connectivity index (χ0n) is 15.6. The lowest BCUT2D eigenvalue weighted by Gasteiger charge is -2.37. The van der Waals surface area contributed by atoms with E-state index in [4.69, 9.17) is 0 Å². The lowest BCUT2D eigenvalue weighted by atomic mass is 10.1. The quantitative estimate of drug-likeness (QED) is 0.655. The summed E-state index contributed by atoms with van der Waals surface area (Å²) in [7, 11) is 0. The van der Waals surface area contributed by atoms with Crippen LogP contribution >= 0.6 is 22.7 Å². The Morgan fingerprint density at radius 3 is 2.63 bits per heavy atom. The Bertz CT molecular complexity index is 925. The molecule has 1 saturated heterocycles.